The molecule has 0 spiro atoms. The topological polar surface area (TPSA) is 28.5 Å². The quantitative estimate of drug-likeness (QED) is 0.483. The van der Waals surface area contributed by atoms with Gasteiger partial charge in [0.05, 0.1) is 0 Å². The fraction of sp³-hybridized carbons (Fsp3) is 0. The van der Waals surface area contributed by atoms with Crippen LogP contribution in [-0.4, -0.2) is 68.5 Å². The molecule has 0 aromatic carbocycles. The van der Waals surface area contributed by atoms with E-state index in [1.54, 1.807) is 0 Å². The second kappa shape index (κ2) is 16.1. The van der Waals surface area contributed by atoms with Gasteiger partial charge in [0.15, 0.2) is 0 Å². The molecule has 0 aliphatic carbocycles. The summed E-state index contributed by atoms with van der Waals surface area (Å²) < 4.78 is 0. The zero-order valence-electron chi connectivity index (χ0n) is 1.69. The molecule has 0 saturated heterocycles. The van der Waals surface area contributed by atoms with Gasteiger partial charge >= 0.3 is 68.5 Å². The molecule has 15 valence electrons. The second-order valence-electron chi connectivity index (χ2n) is 0. The van der Waals surface area contributed by atoms with Crippen LogP contribution in [0, 0.1) is 35.6 Å². The van der Waals surface area contributed by atoms with E-state index in [0.717, 1.165) is 0 Å². The zero-order valence-corrected chi connectivity index (χ0v) is 6.73. The molecule has 0 heterocycles. The molecular formula is H2LaMgOSr. The molecule has 1 nitrogen and oxygen atoms in total. The number of rotatable bonds is 0. The fourth-order valence-corrected chi connectivity index (χ4v) is 0. The van der Waals surface area contributed by atoms with Gasteiger partial charge in [-0.1, -0.05) is 0 Å². The Kier molecular flexibility index (Phi) is 106. The molecule has 0 N–H and O–H groups in total. The van der Waals surface area contributed by atoms with Crippen molar-refractivity contribution in [2.24, 2.45) is 0 Å². The maximum atomic E-state index is 0. The average Bonchev–Trinajstić information content (AvgIpc) is 0. The summed E-state index contributed by atoms with van der Waals surface area (Å²) in [6.45, 7) is 0. The first-order valence-corrected chi connectivity index (χ1v) is 0. The van der Waals surface area contributed by atoms with Crippen molar-refractivity contribution in [2.75, 3.05) is 0 Å². The van der Waals surface area contributed by atoms with E-state index in [-0.39, 0.29) is 110 Å². The normalized spacial score (nSPS) is 0. The molecule has 0 bridgehead atoms. The molecule has 0 aliphatic rings. The van der Waals surface area contributed by atoms with Gasteiger partial charge in [-0.05, 0) is 0 Å². The molecule has 4 heavy (non-hydrogen) atoms. The van der Waals surface area contributed by atoms with Crippen LogP contribution in [0.25, 0.3) is 0 Å². The van der Waals surface area contributed by atoms with Crippen molar-refractivity contribution >= 4 is 68.5 Å². The van der Waals surface area contributed by atoms with Crippen LogP contribution in [0.15, 0.2) is 0 Å². The minimum atomic E-state index is 0. The third-order valence-electron chi connectivity index (χ3n) is 0. The van der Waals surface area contributed by atoms with E-state index in [1.165, 1.54) is 0 Å². The van der Waals surface area contributed by atoms with Crippen LogP contribution in [0.2, 0.25) is 0 Å². The van der Waals surface area contributed by atoms with Crippen LogP contribution >= 0.6 is 0 Å². The summed E-state index contributed by atoms with van der Waals surface area (Å²) in [5, 5.41) is 0. The van der Waals surface area contributed by atoms with Crippen molar-refractivity contribution < 1.29 is 41.1 Å². The Labute approximate surface area is 107 Å². The predicted molar refractivity (Wildman–Crippen MR) is 15.0 cm³/mol. The molecule has 1 radical (unpaired) electrons. The van der Waals surface area contributed by atoms with Crippen molar-refractivity contribution in [3.8, 4) is 0 Å². The number of hydrogen-bond donors (Lipinski definition) is 0. The molecule has 0 saturated carbocycles. The van der Waals surface area contributed by atoms with Crippen molar-refractivity contribution in [2.45, 2.75) is 0 Å². The van der Waals surface area contributed by atoms with Gasteiger partial charge in [0.1, 0.15) is 0 Å². The van der Waals surface area contributed by atoms with Gasteiger partial charge in [-0.2, -0.15) is 0 Å². The molecular weight excluding hydrogens is 267 g/mol. The van der Waals surface area contributed by atoms with Crippen LogP contribution in [0.3, 0.4) is 0 Å². The monoisotopic (exact) mass is 269 g/mol. The van der Waals surface area contributed by atoms with Crippen LogP contribution in [0.1, 0.15) is 0 Å². The molecule has 4 heteroatoms. The van der Waals surface area contributed by atoms with E-state index < -0.39 is 0 Å². The third kappa shape index (κ3) is 9.04. The van der Waals surface area contributed by atoms with Crippen LogP contribution in [0.4, 0.5) is 0 Å². The Hall–Kier alpha value is 3.40. The molecule has 0 unspecified atom stereocenters. The summed E-state index contributed by atoms with van der Waals surface area (Å²) in [4.78, 5) is 0. The van der Waals surface area contributed by atoms with E-state index >= 15 is 0 Å². The predicted octanol–water partition coefficient (Wildman–Crippen LogP) is -1.42. The average molecular weight is 269 g/mol. The molecule has 0 aromatic heterocycles. The Balaban J connectivity index is 0. The van der Waals surface area contributed by atoms with E-state index in [4.69, 9.17) is 0 Å². The van der Waals surface area contributed by atoms with Gasteiger partial charge in [-0.25, -0.2) is 0 Å². The first-order chi connectivity index (χ1) is 0. The van der Waals surface area contributed by atoms with Gasteiger partial charge in [-0.15, -0.1) is 0 Å². The fourth-order valence-electron chi connectivity index (χ4n) is 0. The van der Waals surface area contributed by atoms with Crippen molar-refractivity contribution in [1.82, 2.24) is 0 Å². The van der Waals surface area contributed by atoms with E-state index in [9.17, 15) is 0 Å². The number of hydrogen-bond acceptors (Lipinski definition) is 0. The van der Waals surface area contributed by atoms with Gasteiger partial charge in [0, 0.05) is 35.6 Å². The van der Waals surface area contributed by atoms with Gasteiger partial charge < -0.3 is 5.48 Å². The van der Waals surface area contributed by atoms with Gasteiger partial charge in [0.25, 0.3) is 0 Å². The summed E-state index contributed by atoms with van der Waals surface area (Å²) in [6.07, 6.45) is 0. The van der Waals surface area contributed by atoms with E-state index in [1.807, 2.05) is 0 Å². The Morgan fingerprint density at radius 1 is 1.00 bits per heavy atom. The van der Waals surface area contributed by atoms with E-state index in [2.05, 4.69) is 0 Å². The maximum absolute atomic E-state index is 0. The summed E-state index contributed by atoms with van der Waals surface area (Å²) in [6, 6.07) is 0. The van der Waals surface area contributed by atoms with Crippen molar-refractivity contribution in [1.29, 1.82) is 0 Å². The first-order valence-electron chi connectivity index (χ1n) is 0. The Morgan fingerprint density at radius 2 is 1.00 bits per heavy atom. The van der Waals surface area contributed by atoms with Gasteiger partial charge in [0.2, 0.25) is 0 Å². The Bertz CT molecular complexity index is 8.00. The summed E-state index contributed by atoms with van der Waals surface area (Å²) in [5.41, 5.74) is 0. The SMILES string of the molecule is [La].[Mg+2].[O-2].[SrH2]. The molecule has 0 atom stereocenters. The third-order valence-corrected chi connectivity index (χ3v) is 0. The summed E-state index contributed by atoms with van der Waals surface area (Å²) >= 11 is 0. The van der Waals surface area contributed by atoms with Crippen molar-refractivity contribution in [3.05, 3.63) is 0 Å². The zero-order chi connectivity index (χ0) is 0. The summed E-state index contributed by atoms with van der Waals surface area (Å²) in [7, 11) is 0. The minimum absolute atomic E-state index is 0. The van der Waals surface area contributed by atoms with Gasteiger partial charge in [-0.3, -0.25) is 0 Å². The van der Waals surface area contributed by atoms with E-state index in [0.29, 0.717) is 0 Å². The molecule has 0 aliphatic heterocycles. The standard InChI is InChI=1S/La.Mg.O.Sr.2H/q;+2;-2;;;. The molecule has 0 amide bonds. The molecule has 0 aromatic rings. The van der Waals surface area contributed by atoms with Crippen molar-refractivity contribution in [3.63, 3.8) is 0 Å². The molecule has 0 fully saturated rings. The van der Waals surface area contributed by atoms with Crippen LogP contribution < -0.4 is 0 Å². The first kappa shape index (κ1) is 26.2. The molecule has 0 rings (SSSR count). The summed E-state index contributed by atoms with van der Waals surface area (Å²) in [5.74, 6) is 0. The van der Waals surface area contributed by atoms with Crippen LogP contribution in [0.5, 0.6) is 0 Å². The second-order valence-corrected chi connectivity index (χ2v) is 0. The van der Waals surface area contributed by atoms with Crippen LogP contribution in [-0.2, 0) is 5.48 Å². The Morgan fingerprint density at radius 3 is 1.00 bits per heavy atom.